The summed E-state index contributed by atoms with van der Waals surface area (Å²) < 4.78 is 5.94. The molecule has 0 spiro atoms. The highest BCUT2D eigenvalue weighted by Gasteiger charge is 2.22. The molecule has 0 bridgehead atoms. The molecule has 1 aliphatic carbocycles. The van der Waals surface area contributed by atoms with E-state index in [2.05, 4.69) is 12.3 Å². The standard InChI is InChI=1S/C14H21N3O3/c1-10-4-2-3-5-14(10)20-9-11-8-12(17(18)19)6-7-13(11)16-15/h6-8,10,14,16H,2-5,9,15H2,1H3. The van der Waals surface area contributed by atoms with Crippen LogP contribution in [-0.2, 0) is 11.3 Å². The van der Waals surface area contributed by atoms with Gasteiger partial charge in [-0.3, -0.25) is 16.0 Å². The lowest BCUT2D eigenvalue weighted by Crippen LogP contribution is -2.25. The van der Waals surface area contributed by atoms with Gasteiger partial charge < -0.3 is 10.2 Å². The lowest BCUT2D eigenvalue weighted by atomic mass is 9.88. The molecule has 2 unspecified atom stereocenters. The predicted molar refractivity (Wildman–Crippen MR) is 77.1 cm³/mol. The molecule has 0 aliphatic heterocycles. The molecule has 3 N–H and O–H groups in total. The summed E-state index contributed by atoms with van der Waals surface area (Å²) in [7, 11) is 0. The normalized spacial score (nSPS) is 22.5. The summed E-state index contributed by atoms with van der Waals surface area (Å²) in [6.45, 7) is 2.54. The Morgan fingerprint density at radius 3 is 2.85 bits per heavy atom. The molecule has 6 heteroatoms. The lowest BCUT2D eigenvalue weighted by Gasteiger charge is -2.29. The number of nitro benzene ring substituents is 1. The second-order valence-corrected chi connectivity index (χ2v) is 5.35. The van der Waals surface area contributed by atoms with Gasteiger partial charge in [0.1, 0.15) is 0 Å². The number of nitrogens with one attached hydrogen (secondary N) is 1. The molecule has 0 radical (unpaired) electrons. The Morgan fingerprint density at radius 2 is 2.20 bits per heavy atom. The fourth-order valence-corrected chi connectivity index (χ4v) is 2.68. The van der Waals surface area contributed by atoms with E-state index >= 15 is 0 Å². The summed E-state index contributed by atoms with van der Waals surface area (Å²) in [5.41, 5.74) is 4.00. The van der Waals surface area contributed by atoms with Gasteiger partial charge in [-0.2, -0.15) is 0 Å². The molecule has 0 saturated heterocycles. The number of nitrogens with two attached hydrogens (primary N) is 1. The summed E-state index contributed by atoms with van der Waals surface area (Å²) in [6.07, 6.45) is 4.91. The minimum absolute atomic E-state index is 0.0549. The monoisotopic (exact) mass is 279 g/mol. The van der Waals surface area contributed by atoms with E-state index in [0.717, 1.165) is 12.0 Å². The van der Waals surface area contributed by atoms with E-state index in [1.54, 1.807) is 6.07 Å². The van der Waals surface area contributed by atoms with E-state index in [4.69, 9.17) is 10.6 Å². The van der Waals surface area contributed by atoms with Gasteiger partial charge in [0, 0.05) is 17.7 Å². The van der Waals surface area contributed by atoms with Crippen molar-refractivity contribution in [1.82, 2.24) is 0 Å². The first-order chi connectivity index (χ1) is 9.61. The van der Waals surface area contributed by atoms with Crippen molar-refractivity contribution in [2.45, 2.75) is 45.3 Å². The van der Waals surface area contributed by atoms with Gasteiger partial charge in [-0.1, -0.05) is 19.8 Å². The first-order valence-electron chi connectivity index (χ1n) is 6.97. The van der Waals surface area contributed by atoms with Crippen LogP contribution in [0.15, 0.2) is 18.2 Å². The number of non-ortho nitro benzene ring substituents is 1. The summed E-state index contributed by atoms with van der Waals surface area (Å²) in [4.78, 5) is 10.4. The Morgan fingerprint density at radius 1 is 1.45 bits per heavy atom. The third kappa shape index (κ3) is 3.46. The van der Waals surface area contributed by atoms with Crippen molar-refractivity contribution in [2.75, 3.05) is 5.43 Å². The maximum absolute atomic E-state index is 10.8. The third-order valence-electron chi connectivity index (χ3n) is 3.94. The van der Waals surface area contributed by atoms with Crippen LogP contribution in [-0.4, -0.2) is 11.0 Å². The molecular formula is C14H21N3O3. The molecule has 0 heterocycles. The minimum Gasteiger partial charge on any atom is -0.373 e. The van der Waals surface area contributed by atoms with Crippen LogP contribution in [0.5, 0.6) is 0 Å². The van der Waals surface area contributed by atoms with Gasteiger partial charge in [0.05, 0.1) is 23.3 Å². The average Bonchev–Trinajstić information content (AvgIpc) is 2.46. The Bertz CT molecular complexity index is 479. The molecule has 1 aromatic rings. The van der Waals surface area contributed by atoms with Crippen molar-refractivity contribution in [2.24, 2.45) is 11.8 Å². The van der Waals surface area contributed by atoms with Gasteiger partial charge in [-0.05, 0) is 24.8 Å². The number of nitrogen functional groups attached to an aromatic ring is 1. The van der Waals surface area contributed by atoms with Gasteiger partial charge in [-0.15, -0.1) is 0 Å². The zero-order valence-corrected chi connectivity index (χ0v) is 11.7. The van der Waals surface area contributed by atoms with Crippen molar-refractivity contribution >= 4 is 11.4 Å². The molecule has 1 aromatic carbocycles. The molecule has 2 rings (SSSR count). The fraction of sp³-hybridized carbons (Fsp3) is 0.571. The van der Waals surface area contributed by atoms with Gasteiger partial charge >= 0.3 is 0 Å². The second kappa shape index (κ2) is 6.67. The van der Waals surface area contributed by atoms with Crippen molar-refractivity contribution in [3.63, 3.8) is 0 Å². The molecule has 110 valence electrons. The molecule has 20 heavy (non-hydrogen) atoms. The second-order valence-electron chi connectivity index (χ2n) is 5.35. The van der Waals surface area contributed by atoms with Gasteiger partial charge in [0.25, 0.3) is 5.69 Å². The van der Waals surface area contributed by atoms with Crippen LogP contribution in [0.1, 0.15) is 38.2 Å². The van der Waals surface area contributed by atoms with E-state index < -0.39 is 4.92 Å². The number of hydrogen-bond donors (Lipinski definition) is 2. The number of anilines is 1. The summed E-state index contributed by atoms with van der Waals surface area (Å²) >= 11 is 0. The SMILES string of the molecule is CC1CCCCC1OCc1cc([N+](=O)[O-])ccc1NN. The zero-order chi connectivity index (χ0) is 14.5. The van der Waals surface area contributed by atoms with Gasteiger partial charge in [0.2, 0.25) is 0 Å². The third-order valence-corrected chi connectivity index (χ3v) is 3.94. The van der Waals surface area contributed by atoms with Crippen LogP contribution in [0.2, 0.25) is 0 Å². The van der Waals surface area contributed by atoms with E-state index in [1.807, 2.05) is 0 Å². The number of rotatable bonds is 5. The summed E-state index contributed by atoms with van der Waals surface area (Å²) in [6, 6.07) is 4.56. The van der Waals surface area contributed by atoms with Crippen molar-refractivity contribution in [3.05, 3.63) is 33.9 Å². The molecule has 1 fully saturated rings. The molecule has 0 amide bonds. The lowest BCUT2D eigenvalue weighted by molar-refractivity contribution is -0.384. The number of nitro groups is 1. The highest BCUT2D eigenvalue weighted by molar-refractivity contribution is 5.55. The number of nitrogens with zero attached hydrogens (tertiary/aromatic N) is 1. The van der Waals surface area contributed by atoms with Gasteiger partial charge in [-0.25, -0.2) is 0 Å². The largest absolute Gasteiger partial charge is 0.373 e. The smallest absolute Gasteiger partial charge is 0.269 e. The van der Waals surface area contributed by atoms with Crippen LogP contribution in [0.3, 0.4) is 0 Å². The Hall–Kier alpha value is -1.66. The maximum Gasteiger partial charge on any atom is 0.269 e. The fourth-order valence-electron chi connectivity index (χ4n) is 2.68. The molecular weight excluding hydrogens is 258 g/mol. The summed E-state index contributed by atoms with van der Waals surface area (Å²) in [5, 5.41) is 10.8. The van der Waals surface area contributed by atoms with E-state index in [1.165, 1.54) is 31.4 Å². The zero-order valence-electron chi connectivity index (χ0n) is 11.7. The summed E-state index contributed by atoms with van der Waals surface area (Å²) in [5.74, 6) is 5.98. The maximum atomic E-state index is 10.8. The predicted octanol–water partition coefficient (Wildman–Crippen LogP) is 2.98. The van der Waals surface area contributed by atoms with Crippen molar-refractivity contribution < 1.29 is 9.66 Å². The van der Waals surface area contributed by atoms with Crippen LogP contribution in [0, 0.1) is 16.0 Å². The first-order valence-corrected chi connectivity index (χ1v) is 6.97. The van der Waals surface area contributed by atoms with Crippen LogP contribution in [0.25, 0.3) is 0 Å². The Labute approximate surface area is 118 Å². The molecule has 6 nitrogen and oxygen atoms in total. The number of hydrazine groups is 1. The number of hydrogen-bond acceptors (Lipinski definition) is 5. The quantitative estimate of drug-likeness (QED) is 0.491. The highest BCUT2D eigenvalue weighted by Crippen LogP contribution is 2.29. The average molecular weight is 279 g/mol. The highest BCUT2D eigenvalue weighted by atomic mass is 16.6. The van der Waals surface area contributed by atoms with Crippen LogP contribution < -0.4 is 11.3 Å². The molecule has 2 atom stereocenters. The Balaban J connectivity index is 2.07. The van der Waals surface area contributed by atoms with E-state index in [9.17, 15) is 10.1 Å². The number of ether oxygens (including phenoxy) is 1. The van der Waals surface area contributed by atoms with Crippen LogP contribution in [0.4, 0.5) is 11.4 Å². The van der Waals surface area contributed by atoms with Crippen LogP contribution >= 0.6 is 0 Å². The van der Waals surface area contributed by atoms with Gasteiger partial charge in [0.15, 0.2) is 0 Å². The Kier molecular flexibility index (Phi) is 4.92. The first kappa shape index (κ1) is 14.7. The molecule has 1 aliphatic rings. The molecule has 1 saturated carbocycles. The minimum atomic E-state index is -0.410. The van der Waals surface area contributed by atoms with Crippen molar-refractivity contribution in [3.8, 4) is 0 Å². The van der Waals surface area contributed by atoms with Crippen molar-refractivity contribution in [1.29, 1.82) is 0 Å². The topological polar surface area (TPSA) is 90.4 Å². The van der Waals surface area contributed by atoms with E-state index in [0.29, 0.717) is 18.2 Å². The number of benzene rings is 1. The van der Waals surface area contributed by atoms with E-state index in [-0.39, 0.29) is 11.8 Å². The molecule has 0 aromatic heterocycles.